The van der Waals surface area contributed by atoms with E-state index in [9.17, 15) is 4.79 Å². The van der Waals surface area contributed by atoms with Gasteiger partial charge in [-0.25, -0.2) is 0 Å². The van der Waals surface area contributed by atoms with Crippen LogP contribution in [0.3, 0.4) is 0 Å². The Morgan fingerprint density at radius 3 is 1.82 bits per heavy atom. The van der Waals surface area contributed by atoms with Crippen LogP contribution in [0.25, 0.3) is 0 Å². The summed E-state index contributed by atoms with van der Waals surface area (Å²) in [5, 5.41) is 0. The molecule has 0 radical (unpaired) electrons. The SMILES string of the molecule is CCCC(CCCCCCCCCOc1ccccc1C(=O)c1ccccc1)CCCCCCCCN(C)C. The second-order valence-corrected chi connectivity index (χ2v) is 11.7. The van der Waals surface area contributed by atoms with E-state index in [1.54, 1.807) is 0 Å². The summed E-state index contributed by atoms with van der Waals surface area (Å²) in [4.78, 5) is 15.1. The molecule has 1 atom stereocenters. The van der Waals surface area contributed by atoms with Crippen LogP contribution in [0.15, 0.2) is 54.6 Å². The quantitative estimate of drug-likeness (QED) is 0.0989. The molecule has 218 valence electrons. The molecule has 0 aliphatic rings. The summed E-state index contributed by atoms with van der Waals surface area (Å²) in [7, 11) is 4.34. The second kappa shape index (κ2) is 21.7. The fourth-order valence-electron chi connectivity index (χ4n) is 5.54. The van der Waals surface area contributed by atoms with Crippen molar-refractivity contribution in [2.75, 3.05) is 27.2 Å². The van der Waals surface area contributed by atoms with Crippen LogP contribution >= 0.6 is 0 Å². The first kappa shape index (κ1) is 33.1. The highest BCUT2D eigenvalue weighted by atomic mass is 16.5. The lowest BCUT2D eigenvalue weighted by Crippen LogP contribution is -2.12. The van der Waals surface area contributed by atoms with Gasteiger partial charge in [0, 0.05) is 5.56 Å². The molecular weight excluding hydrogens is 478 g/mol. The van der Waals surface area contributed by atoms with E-state index in [1.165, 1.54) is 109 Å². The maximum absolute atomic E-state index is 12.9. The van der Waals surface area contributed by atoms with E-state index in [2.05, 4.69) is 25.9 Å². The van der Waals surface area contributed by atoms with Crippen molar-refractivity contribution in [2.24, 2.45) is 5.92 Å². The average molecular weight is 536 g/mol. The molecule has 0 spiro atoms. The highest BCUT2D eigenvalue weighted by Crippen LogP contribution is 2.24. The van der Waals surface area contributed by atoms with Crippen molar-refractivity contribution >= 4 is 5.78 Å². The number of carbonyl (C=O) groups is 1. The molecule has 0 amide bonds. The van der Waals surface area contributed by atoms with Crippen molar-refractivity contribution < 1.29 is 9.53 Å². The third-order valence-electron chi connectivity index (χ3n) is 7.85. The van der Waals surface area contributed by atoms with Crippen molar-refractivity contribution in [3.05, 3.63) is 65.7 Å². The third kappa shape index (κ3) is 15.3. The molecule has 0 saturated carbocycles. The molecule has 1 unspecified atom stereocenters. The van der Waals surface area contributed by atoms with Crippen LogP contribution < -0.4 is 4.74 Å². The standard InChI is InChI=1S/C36H57NO2/c1-4-23-32(25-16-11-7-8-12-21-30-37(2)3)24-15-10-6-5-9-13-22-31-39-35-29-20-19-28-34(35)36(38)33-26-17-14-18-27-33/h14,17-20,26-29,32H,4-13,15-16,21-25,30-31H2,1-3H3. The Hall–Kier alpha value is -2.13. The number of ether oxygens (including phenoxy) is 1. The Kier molecular flexibility index (Phi) is 18.4. The van der Waals surface area contributed by atoms with Crippen LogP contribution in [0.1, 0.15) is 132 Å². The highest BCUT2D eigenvalue weighted by Gasteiger charge is 2.14. The molecule has 2 aromatic carbocycles. The topological polar surface area (TPSA) is 29.5 Å². The lowest BCUT2D eigenvalue weighted by atomic mass is 9.90. The minimum absolute atomic E-state index is 0.0264. The van der Waals surface area contributed by atoms with Crippen LogP contribution in [0.5, 0.6) is 5.75 Å². The molecular formula is C36H57NO2. The summed E-state index contributed by atoms with van der Waals surface area (Å²) in [6.07, 6.45) is 23.1. The zero-order valence-electron chi connectivity index (χ0n) is 25.5. The first-order valence-corrected chi connectivity index (χ1v) is 16.1. The van der Waals surface area contributed by atoms with Crippen LogP contribution in [-0.2, 0) is 0 Å². The Labute approximate surface area is 240 Å². The van der Waals surface area contributed by atoms with Crippen LogP contribution in [0.4, 0.5) is 0 Å². The molecule has 0 bridgehead atoms. The van der Waals surface area contributed by atoms with Crippen LogP contribution in [-0.4, -0.2) is 37.9 Å². The van der Waals surface area contributed by atoms with E-state index >= 15 is 0 Å². The lowest BCUT2D eigenvalue weighted by Gasteiger charge is -2.16. The zero-order valence-corrected chi connectivity index (χ0v) is 25.5. The fourth-order valence-corrected chi connectivity index (χ4v) is 5.54. The minimum Gasteiger partial charge on any atom is -0.493 e. The summed E-state index contributed by atoms with van der Waals surface area (Å²) < 4.78 is 6.02. The third-order valence-corrected chi connectivity index (χ3v) is 7.85. The minimum atomic E-state index is 0.0264. The van der Waals surface area contributed by atoms with E-state index in [-0.39, 0.29) is 5.78 Å². The molecule has 39 heavy (non-hydrogen) atoms. The summed E-state index contributed by atoms with van der Waals surface area (Å²) >= 11 is 0. The summed E-state index contributed by atoms with van der Waals surface area (Å²) in [6.45, 7) is 4.26. The van der Waals surface area contributed by atoms with Crippen molar-refractivity contribution in [3.63, 3.8) is 0 Å². The number of nitrogens with zero attached hydrogens (tertiary/aromatic N) is 1. The molecule has 3 heteroatoms. The van der Waals surface area contributed by atoms with Crippen molar-refractivity contribution in [1.29, 1.82) is 0 Å². The predicted octanol–water partition coefficient (Wildman–Crippen LogP) is 10.1. The summed E-state index contributed by atoms with van der Waals surface area (Å²) in [5.74, 6) is 1.68. The van der Waals surface area contributed by atoms with Gasteiger partial charge in [0.15, 0.2) is 5.78 Å². The summed E-state index contributed by atoms with van der Waals surface area (Å²) in [5.41, 5.74) is 1.36. The zero-order chi connectivity index (χ0) is 28.0. The van der Waals surface area contributed by atoms with Gasteiger partial charge in [0.1, 0.15) is 5.75 Å². The monoisotopic (exact) mass is 535 g/mol. The molecule has 0 N–H and O–H groups in total. The largest absolute Gasteiger partial charge is 0.493 e. The van der Waals surface area contributed by atoms with E-state index < -0.39 is 0 Å². The maximum atomic E-state index is 12.9. The number of hydrogen-bond acceptors (Lipinski definition) is 3. The van der Waals surface area contributed by atoms with Gasteiger partial charge in [0.05, 0.1) is 12.2 Å². The molecule has 0 heterocycles. The predicted molar refractivity (Wildman–Crippen MR) is 168 cm³/mol. The Morgan fingerprint density at radius 1 is 0.667 bits per heavy atom. The maximum Gasteiger partial charge on any atom is 0.196 e. The average Bonchev–Trinajstić information content (AvgIpc) is 2.95. The van der Waals surface area contributed by atoms with Gasteiger partial charge >= 0.3 is 0 Å². The number of hydrogen-bond donors (Lipinski definition) is 0. The van der Waals surface area contributed by atoms with Crippen LogP contribution in [0.2, 0.25) is 0 Å². The van der Waals surface area contributed by atoms with Gasteiger partial charge in [-0.1, -0.05) is 146 Å². The number of rotatable bonds is 24. The van der Waals surface area contributed by atoms with Gasteiger partial charge in [-0.15, -0.1) is 0 Å². The van der Waals surface area contributed by atoms with Crippen molar-refractivity contribution in [1.82, 2.24) is 4.90 Å². The van der Waals surface area contributed by atoms with Crippen molar-refractivity contribution in [2.45, 2.75) is 116 Å². The highest BCUT2D eigenvalue weighted by molar-refractivity contribution is 6.10. The molecule has 0 aromatic heterocycles. The Balaban J connectivity index is 1.48. The number of benzene rings is 2. The molecule has 2 rings (SSSR count). The first-order valence-electron chi connectivity index (χ1n) is 16.1. The van der Waals surface area contributed by atoms with Gasteiger partial charge in [0.2, 0.25) is 0 Å². The molecule has 0 fully saturated rings. The van der Waals surface area contributed by atoms with Crippen LogP contribution in [0, 0.1) is 5.92 Å². The smallest absolute Gasteiger partial charge is 0.196 e. The normalized spacial score (nSPS) is 12.1. The number of unbranched alkanes of at least 4 members (excludes halogenated alkanes) is 11. The van der Waals surface area contributed by atoms with E-state index in [4.69, 9.17) is 4.74 Å². The second-order valence-electron chi connectivity index (χ2n) is 11.7. The van der Waals surface area contributed by atoms with Gasteiger partial charge in [-0.2, -0.15) is 0 Å². The molecule has 3 nitrogen and oxygen atoms in total. The Morgan fingerprint density at radius 2 is 1.21 bits per heavy atom. The number of carbonyl (C=O) groups excluding carboxylic acids is 1. The van der Waals surface area contributed by atoms with E-state index in [0.29, 0.717) is 23.5 Å². The Bertz CT molecular complexity index is 863. The van der Waals surface area contributed by atoms with Gasteiger partial charge in [-0.3, -0.25) is 4.79 Å². The van der Waals surface area contributed by atoms with Gasteiger partial charge in [0.25, 0.3) is 0 Å². The van der Waals surface area contributed by atoms with Gasteiger partial charge in [-0.05, 0) is 51.5 Å². The first-order chi connectivity index (χ1) is 19.1. The van der Waals surface area contributed by atoms with E-state index in [0.717, 1.165) is 12.3 Å². The molecule has 0 aliphatic carbocycles. The molecule has 0 saturated heterocycles. The van der Waals surface area contributed by atoms with E-state index in [1.807, 2.05) is 54.6 Å². The summed E-state index contributed by atoms with van der Waals surface area (Å²) in [6, 6.07) is 17.1. The lowest BCUT2D eigenvalue weighted by molar-refractivity contribution is 0.103. The molecule has 0 aliphatic heterocycles. The number of ketones is 1. The fraction of sp³-hybridized carbons (Fsp3) is 0.639. The van der Waals surface area contributed by atoms with Gasteiger partial charge < -0.3 is 9.64 Å². The molecule has 2 aromatic rings. The number of para-hydroxylation sites is 1. The van der Waals surface area contributed by atoms with Crippen molar-refractivity contribution in [3.8, 4) is 5.75 Å².